The van der Waals surface area contributed by atoms with E-state index in [0.29, 0.717) is 5.88 Å². The first-order valence-corrected chi connectivity index (χ1v) is 8.43. The van der Waals surface area contributed by atoms with Crippen LogP contribution in [0.5, 0.6) is 5.88 Å². The third-order valence-corrected chi connectivity index (χ3v) is 4.88. The summed E-state index contributed by atoms with van der Waals surface area (Å²) in [6, 6.07) is 8.02. The second kappa shape index (κ2) is 6.00. The average molecular weight is 327 g/mol. The van der Waals surface area contributed by atoms with Crippen LogP contribution in [0.15, 0.2) is 35.8 Å². The van der Waals surface area contributed by atoms with Crippen molar-refractivity contribution in [1.82, 2.24) is 15.0 Å². The van der Waals surface area contributed by atoms with Gasteiger partial charge in [0.2, 0.25) is 11.8 Å². The minimum atomic E-state index is 0.659. The normalized spacial score (nSPS) is 15.2. The highest BCUT2D eigenvalue weighted by molar-refractivity contribution is 7.17. The Morgan fingerprint density at radius 1 is 1.04 bits per heavy atom. The van der Waals surface area contributed by atoms with Gasteiger partial charge in [0.1, 0.15) is 10.5 Å². The van der Waals surface area contributed by atoms with Gasteiger partial charge in [-0.3, -0.25) is 0 Å². The van der Waals surface area contributed by atoms with Gasteiger partial charge >= 0.3 is 0 Å². The number of rotatable bonds is 3. The van der Waals surface area contributed by atoms with Gasteiger partial charge in [0.05, 0.1) is 12.6 Å². The second-order valence-electron chi connectivity index (χ2n) is 5.33. The summed E-state index contributed by atoms with van der Waals surface area (Å²) in [4.78, 5) is 18.2. The minimum Gasteiger partial charge on any atom is -0.480 e. The number of anilines is 2. The van der Waals surface area contributed by atoms with Crippen LogP contribution in [0.4, 0.5) is 11.8 Å². The number of piperazine rings is 1. The molecule has 1 fully saturated rings. The summed E-state index contributed by atoms with van der Waals surface area (Å²) in [5.41, 5.74) is 0.948. The minimum absolute atomic E-state index is 0.659. The monoisotopic (exact) mass is 327 g/mol. The standard InChI is InChI=1S/C16H17N5OS/c1-22-15-14-12(5-11-23-14)18-16(19-15)21-9-7-20(8-10-21)13-4-2-3-6-17-13/h2-6,11H,7-10H2,1H3. The summed E-state index contributed by atoms with van der Waals surface area (Å²) in [6.07, 6.45) is 1.83. The molecule has 3 aromatic heterocycles. The van der Waals surface area contributed by atoms with Crippen LogP contribution in [0, 0.1) is 0 Å². The van der Waals surface area contributed by atoms with Crippen molar-refractivity contribution < 1.29 is 4.74 Å². The van der Waals surface area contributed by atoms with Crippen molar-refractivity contribution in [3.8, 4) is 5.88 Å². The Bertz CT molecular complexity index is 799. The van der Waals surface area contributed by atoms with E-state index in [1.807, 2.05) is 35.8 Å². The van der Waals surface area contributed by atoms with Crippen LogP contribution in [-0.2, 0) is 0 Å². The molecule has 7 heteroatoms. The van der Waals surface area contributed by atoms with Crippen LogP contribution >= 0.6 is 11.3 Å². The number of thiophene rings is 1. The summed E-state index contributed by atoms with van der Waals surface area (Å²) in [5, 5.41) is 2.02. The molecule has 0 saturated carbocycles. The molecule has 6 nitrogen and oxygen atoms in total. The lowest BCUT2D eigenvalue weighted by Crippen LogP contribution is -2.47. The lowest BCUT2D eigenvalue weighted by Gasteiger charge is -2.35. The molecule has 0 unspecified atom stereocenters. The van der Waals surface area contributed by atoms with Gasteiger partial charge in [-0.15, -0.1) is 11.3 Å². The number of hydrogen-bond donors (Lipinski definition) is 0. The first-order valence-electron chi connectivity index (χ1n) is 7.55. The molecule has 1 aliphatic rings. The Labute approximate surface area is 138 Å². The number of hydrogen-bond acceptors (Lipinski definition) is 7. The summed E-state index contributed by atoms with van der Waals surface area (Å²) in [5.74, 6) is 2.43. The Kier molecular flexibility index (Phi) is 3.70. The second-order valence-corrected chi connectivity index (χ2v) is 6.25. The van der Waals surface area contributed by atoms with E-state index < -0.39 is 0 Å². The van der Waals surface area contributed by atoms with Crippen LogP contribution in [0.1, 0.15) is 0 Å². The van der Waals surface area contributed by atoms with E-state index in [9.17, 15) is 0 Å². The molecule has 0 aromatic carbocycles. The van der Waals surface area contributed by atoms with Crippen molar-refractivity contribution in [2.75, 3.05) is 43.1 Å². The summed E-state index contributed by atoms with van der Waals surface area (Å²) >= 11 is 1.61. The highest BCUT2D eigenvalue weighted by atomic mass is 32.1. The fourth-order valence-corrected chi connectivity index (χ4v) is 3.58. The topological polar surface area (TPSA) is 54.4 Å². The van der Waals surface area contributed by atoms with Gasteiger partial charge in [0, 0.05) is 32.4 Å². The summed E-state index contributed by atoms with van der Waals surface area (Å²) < 4.78 is 6.42. The number of nitrogens with zero attached hydrogens (tertiary/aromatic N) is 5. The highest BCUT2D eigenvalue weighted by Crippen LogP contribution is 2.30. The predicted molar refractivity (Wildman–Crippen MR) is 92.6 cm³/mol. The van der Waals surface area contributed by atoms with E-state index in [1.165, 1.54) is 0 Å². The Morgan fingerprint density at radius 2 is 1.87 bits per heavy atom. The number of aromatic nitrogens is 3. The number of ether oxygens (including phenoxy) is 1. The van der Waals surface area contributed by atoms with Crippen molar-refractivity contribution in [1.29, 1.82) is 0 Å². The van der Waals surface area contributed by atoms with Crippen molar-refractivity contribution in [3.63, 3.8) is 0 Å². The zero-order valence-corrected chi connectivity index (χ0v) is 13.7. The van der Waals surface area contributed by atoms with Gasteiger partial charge in [-0.05, 0) is 23.6 Å². The molecule has 3 aromatic rings. The quantitative estimate of drug-likeness (QED) is 0.736. The van der Waals surface area contributed by atoms with Crippen molar-refractivity contribution >= 4 is 33.3 Å². The molecule has 0 spiro atoms. The molecule has 4 rings (SSSR count). The van der Waals surface area contributed by atoms with Crippen LogP contribution in [-0.4, -0.2) is 48.2 Å². The van der Waals surface area contributed by atoms with Gasteiger partial charge in [0.25, 0.3) is 0 Å². The van der Waals surface area contributed by atoms with Crippen LogP contribution in [0.3, 0.4) is 0 Å². The van der Waals surface area contributed by atoms with Crippen LogP contribution in [0.2, 0.25) is 0 Å². The van der Waals surface area contributed by atoms with Crippen molar-refractivity contribution in [3.05, 3.63) is 35.8 Å². The molecule has 1 aliphatic heterocycles. The van der Waals surface area contributed by atoms with Gasteiger partial charge < -0.3 is 14.5 Å². The molecule has 0 atom stereocenters. The van der Waals surface area contributed by atoms with Gasteiger partial charge in [-0.25, -0.2) is 9.97 Å². The SMILES string of the molecule is COc1nc(N2CCN(c3ccccn3)CC2)nc2ccsc12. The molecular formula is C16H17N5OS. The molecule has 1 saturated heterocycles. The van der Waals surface area contributed by atoms with Gasteiger partial charge in [-0.1, -0.05) is 6.07 Å². The number of methoxy groups -OCH3 is 1. The first kappa shape index (κ1) is 14.2. The number of pyridine rings is 1. The van der Waals surface area contributed by atoms with Crippen LogP contribution in [0.25, 0.3) is 10.2 Å². The number of fused-ring (bicyclic) bond motifs is 1. The first-order chi connectivity index (χ1) is 11.3. The fourth-order valence-electron chi connectivity index (χ4n) is 2.78. The molecule has 4 heterocycles. The Balaban J connectivity index is 1.54. The lowest BCUT2D eigenvalue weighted by atomic mass is 10.3. The van der Waals surface area contributed by atoms with E-state index in [2.05, 4.69) is 24.8 Å². The van der Waals surface area contributed by atoms with E-state index in [4.69, 9.17) is 4.74 Å². The Morgan fingerprint density at radius 3 is 2.61 bits per heavy atom. The maximum absolute atomic E-state index is 5.42. The molecule has 0 radical (unpaired) electrons. The lowest BCUT2D eigenvalue weighted by molar-refractivity contribution is 0.403. The third-order valence-electron chi connectivity index (χ3n) is 3.99. The van der Waals surface area contributed by atoms with Gasteiger partial charge in [-0.2, -0.15) is 4.98 Å². The zero-order chi connectivity index (χ0) is 15.6. The van der Waals surface area contributed by atoms with Crippen molar-refractivity contribution in [2.45, 2.75) is 0 Å². The highest BCUT2D eigenvalue weighted by Gasteiger charge is 2.21. The largest absolute Gasteiger partial charge is 0.480 e. The summed E-state index contributed by atoms with van der Waals surface area (Å²) in [7, 11) is 1.66. The smallest absolute Gasteiger partial charge is 0.236 e. The molecule has 0 bridgehead atoms. The average Bonchev–Trinajstić information content (AvgIpc) is 3.10. The molecule has 0 aliphatic carbocycles. The maximum atomic E-state index is 5.42. The molecule has 0 N–H and O–H groups in total. The van der Waals surface area contributed by atoms with E-state index in [0.717, 1.165) is 48.2 Å². The van der Waals surface area contributed by atoms with Crippen molar-refractivity contribution in [2.24, 2.45) is 0 Å². The van der Waals surface area contributed by atoms with Crippen LogP contribution < -0.4 is 14.5 Å². The van der Waals surface area contributed by atoms with E-state index in [-0.39, 0.29) is 0 Å². The fraction of sp³-hybridized carbons (Fsp3) is 0.312. The van der Waals surface area contributed by atoms with Gasteiger partial charge in [0.15, 0.2) is 0 Å². The third kappa shape index (κ3) is 2.68. The molecule has 0 amide bonds. The molecule has 23 heavy (non-hydrogen) atoms. The Hall–Kier alpha value is -2.41. The maximum Gasteiger partial charge on any atom is 0.236 e. The van der Waals surface area contributed by atoms with E-state index >= 15 is 0 Å². The molecule has 118 valence electrons. The zero-order valence-electron chi connectivity index (χ0n) is 12.8. The van der Waals surface area contributed by atoms with E-state index in [1.54, 1.807) is 18.4 Å². The molecular weight excluding hydrogens is 310 g/mol. The predicted octanol–water partition coefficient (Wildman–Crippen LogP) is 2.42. The summed E-state index contributed by atoms with van der Waals surface area (Å²) in [6.45, 7) is 3.56.